The van der Waals surface area contributed by atoms with Crippen molar-refractivity contribution in [3.63, 3.8) is 0 Å². The molecule has 112 valence electrons. The Labute approximate surface area is 124 Å². The number of aromatic nitrogens is 1. The van der Waals surface area contributed by atoms with Crippen LogP contribution in [0.4, 0.5) is 0 Å². The Morgan fingerprint density at radius 1 is 1.35 bits per heavy atom. The van der Waals surface area contributed by atoms with Crippen molar-refractivity contribution >= 4 is 21.6 Å². The van der Waals surface area contributed by atoms with Crippen LogP contribution < -0.4 is 4.72 Å². The van der Waals surface area contributed by atoms with Crippen molar-refractivity contribution in [2.75, 3.05) is 46.3 Å². The standard InChI is InChI=1S/C12H19ClN4O2S/c1-16-6-8-17(9-7-16)5-4-15-20(18,19)12-10-14-3-2-11(12)13/h2-3,10,15H,4-9H2,1H3. The molecule has 0 spiro atoms. The molecule has 0 atom stereocenters. The van der Waals surface area contributed by atoms with E-state index in [1.54, 1.807) is 0 Å². The molecule has 1 aliphatic rings. The lowest BCUT2D eigenvalue weighted by Gasteiger charge is -2.32. The van der Waals surface area contributed by atoms with E-state index in [9.17, 15) is 8.42 Å². The van der Waals surface area contributed by atoms with E-state index in [2.05, 4.69) is 26.6 Å². The molecule has 1 fully saturated rings. The topological polar surface area (TPSA) is 65.5 Å². The molecule has 1 N–H and O–H groups in total. The van der Waals surface area contributed by atoms with Crippen molar-refractivity contribution in [2.45, 2.75) is 4.90 Å². The minimum absolute atomic E-state index is 0.0278. The fourth-order valence-corrected chi connectivity index (χ4v) is 3.50. The molecule has 0 radical (unpaired) electrons. The summed E-state index contributed by atoms with van der Waals surface area (Å²) in [6.07, 6.45) is 2.73. The quantitative estimate of drug-likeness (QED) is 0.843. The molecule has 0 bridgehead atoms. The molecule has 1 aliphatic heterocycles. The van der Waals surface area contributed by atoms with Gasteiger partial charge in [0.15, 0.2) is 0 Å². The second-order valence-corrected chi connectivity index (χ2v) is 6.99. The molecule has 1 saturated heterocycles. The SMILES string of the molecule is CN1CCN(CCNS(=O)(=O)c2cnccc2Cl)CC1. The number of hydrogen-bond acceptors (Lipinski definition) is 5. The van der Waals surface area contributed by atoms with E-state index in [4.69, 9.17) is 11.6 Å². The molecule has 0 aromatic carbocycles. The average molecular weight is 319 g/mol. The van der Waals surface area contributed by atoms with E-state index < -0.39 is 10.0 Å². The van der Waals surface area contributed by atoms with Crippen LogP contribution in [0.3, 0.4) is 0 Å². The van der Waals surface area contributed by atoms with E-state index >= 15 is 0 Å². The summed E-state index contributed by atoms with van der Waals surface area (Å²) in [7, 11) is -1.50. The molecule has 2 rings (SSSR count). The number of halogens is 1. The van der Waals surface area contributed by atoms with Gasteiger partial charge in [0.1, 0.15) is 4.90 Å². The Morgan fingerprint density at radius 3 is 2.70 bits per heavy atom. The van der Waals surface area contributed by atoms with E-state index in [1.165, 1.54) is 18.5 Å². The first-order valence-corrected chi connectivity index (χ1v) is 8.35. The molecular weight excluding hydrogens is 300 g/mol. The highest BCUT2D eigenvalue weighted by Gasteiger charge is 2.19. The highest BCUT2D eigenvalue weighted by molar-refractivity contribution is 7.89. The minimum Gasteiger partial charge on any atom is -0.304 e. The van der Waals surface area contributed by atoms with E-state index in [0.29, 0.717) is 13.1 Å². The number of piperazine rings is 1. The molecule has 0 saturated carbocycles. The summed E-state index contributed by atoms with van der Waals surface area (Å²) in [5.74, 6) is 0. The zero-order valence-corrected chi connectivity index (χ0v) is 13.0. The lowest BCUT2D eigenvalue weighted by Crippen LogP contribution is -2.46. The Bertz CT molecular complexity index is 544. The van der Waals surface area contributed by atoms with E-state index in [-0.39, 0.29) is 9.92 Å². The van der Waals surface area contributed by atoms with Crippen LogP contribution in [-0.2, 0) is 10.0 Å². The molecule has 1 aromatic rings. The van der Waals surface area contributed by atoms with Crippen LogP contribution in [0.25, 0.3) is 0 Å². The molecule has 1 aromatic heterocycles. The maximum Gasteiger partial charge on any atom is 0.243 e. The molecule has 8 heteroatoms. The Hall–Kier alpha value is -0.730. The fraction of sp³-hybridized carbons (Fsp3) is 0.583. The van der Waals surface area contributed by atoms with E-state index in [0.717, 1.165) is 26.2 Å². The first-order valence-electron chi connectivity index (χ1n) is 6.49. The van der Waals surface area contributed by atoms with Gasteiger partial charge in [-0.25, -0.2) is 13.1 Å². The predicted octanol–water partition coefficient (Wildman–Crippen LogP) is 0.261. The summed E-state index contributed by atoms with van der Waals surface area (Å²) in [4.78, 5) is 8.33. The summed E-state index contributed by atoms with van der Waals surface area (Å²) in [5.41, 5.74) is 0. The Balaban J connectivity index is 1.86. The van der Waals surface area contributed by atoms with Gasteiger partial charge in [-0.15, -0.1) is 0 Å². The van der Waals surface area contributed by atoms with Crippen LogP contribution in [0.2, 0.25) is 5.02 Å². The van der Waals surface area contributed by atoms with Crippen molar-refractivity contribution in [3.8, 4) is 0 Å². The largest absolute Gasteiger partial charge is 0.304 e. The minimum atomic E-state index is -3.58. The molecule has 2 heterocycles. The molecule has 0 aliphatic carbocycles. The normalized spacial score (nSPS) is 18.3. The lowest BCUT2D eigenvalue weighted by atomic mass is 10.3. The smallest absolute Gasteiger partial charge is 0.243 e. The lowest BCUT2D eigenvalue weighted by molar-refractivity contribution is 0.156. The second kappa shape index (κ2) is 6.82. The van der Waals surface area contributed by atoms with Crippen LogP contribution in [0.5, 0.6) is 0 Å². The van der Waals surface area contributed by atoms with Crippen molar-refractivity contribution in [2.24, 2.45) is 0 Å². The third-order valence-corrected chi connectivity index (χ3v) is 5.27. The number of pyridine rings is 1. The van der Waals surface area contributed by atoms with Gasteiger partial charge in [0.2, 0.25) is 10.0 Å². The van der Waals surface area contributed by atoms with Gasteiger partial charge in [0.25, 0.3) is 0 Å². The monoisotopic (exact) mass is 318 g/mol. The van der Waals surface area contributed by atoms with Crippen molar-refractivity contribution in [1.82, 2.24) is 19.5 Å². The first-order chi connectivity index (χ1) is 9.49. The maximum absolute atomic E-state index is 12.1. The van der Waals surface area contributed by atoms with Gasteiger partial charge in [0.05, 0.1) is 5.02 Å². The number of hydrogen-bond donors (Lipinski definition) is 1. The molecule has 20 heavy (non-hydrogen) atoms. The van der Waals surface area contributed by atoms with Crippen molar-refractivity contribution in [3.05, 3.63) is 23.5 Å². The number of likely N-dealkylation sites (N-methyl/N-ethyl adjacent to an activating group) is 1. The summed E-state index contributed by atoms with van der Waals surface area (Å²) in [6, 6.07) is 1.47. The van der Waals surface area contributed by atoms with Gasteiger partial charge >= 0.3 is 0 Å². The number of nitrogens with one attached hydrogen (secondary N) is 1. The highest BCUT2D eigenvalue weighted by atomic mass is 35.5. The van der Waals surface area contributed by atoms with Gasteiger partial charge in [0, 0.05) is 51.7 Å². The second-order valence-electron chi connectivity index (χ2n) is 4.85. The van der Waals surface area contributed by atoms with Crippen LogP contribution in [0, 0.1) is 0 Å². The van der Waals surface area contributed by atoms with E-state index in [1.807, 2.05) is 0 Å². The van der Waals surface area contributed by atoms with Crippen LogP contribution in [-0.4, -0.2) is 69.5 Å². The Kier molecular flexibility index (Phi) is 5.34. The molecule has 6 nitrogen and oxygen atoms in total. The summed E-state index contributed by atoms with van der Waals surface area (Å²) in [6.45, 7) is 5.03. The zero-order chi connectivity index (χ0) is 14.6. The molecular formula is C12H19ClN4O2S. The maximum atomic E-state index is 12.1. The fourth-order valence-electron chi connectivity index (χ4n) is 2.05. The predicted molar refractivity (Wildman–Crippen MR) is 78.4 cm³/mol. The van der Waals surface area contributed by atoms with Gasteiger partial charge in [-0.1, -0.05) is 11.6 Å². The Morgan fingerprint density at radius 2 is 2.05 bits per heavy atom. The number of sulfonamides is 1. The third kappa shape index (κ3) is 4.13. The molecule has 0 amide bonds. The summed E-state index contributed by atoms with van der Waals surface area (Å²) >= 11 is 5.88. The summed E-state index contributed by atoms with van der Waals surface area (Å²) in [5, 5.41) is 0.187. The van der Waals surface area contributed by atoms with Crippen LogP contribution in [0.15, 0.2) is 23.4 Å². The number of nitrogens with zero attached hydrogens (tertiary/aromatic N) is 3. The van der Waals surface area contributed by atoms with Crippen LogP contribution in [0.1, 0.15) is 0 Å². The van der Waals surface area contributed by atoms with Gasteiger partial charge in [-0.2, -0.15) is 0 Å². The van der Waals surface area contributed by atoms with Crippen LogP contribution >= 0.6 is 11.6 Å². The first kappa shape index (κ1) is 15.7. The highest BCUT2D eigenvalue weighted by Crippen LogP contribution is 2.18. The van der Waals surface area contributed by atoms with Gasteiger partial charge in [-0.3, -0.25) is 9.88 Å². The average Bonchev–Trinajstić information content (AvgIpc) is 2.41. The van der Waals surface area contributed by atoms with Gasteiger partial charge < -0.3 is 4.90 Å². The van der Waals surface area contributed by atoms with Crippen molar-refractivity contribution < 1.29 is 8.42 Å². The van der Waals surface area contributed by atoms with Gasteiger partial charge in [-0.05, 0) is 13.1 Å². The van der Waals surface area contributed by atoms with Crippen molar-refractivity contribution in [1.29, 1.82) is 0 Å². The molecule has 0 unspecified atom stereocenters. The third-order valence-electron chi connectivity index (χ3n) is 3.34. The summed E-state index contributed by atoms with van der Waals surface area (Å²) < 4.78 is 26.7. The number of rotatable bonds is 5. The zero-order valence-electron chi connectivity index (χ0n) is 11.4.